The minimum atomic E-state index is -0.650. The molecule has 1 aromatic rings. The lowest BCUT2D eigenvalue weighted by Crippen LogP contribution is -2.12. The molecular weight excluding hydrogens is 162 g/mol. The van der Waals surface area contributed by atoms with Crippen molar-refractivity contribution in [3.63, 3.8) is 0 Å². The topological polar surface area (TPSA) is 79.5 Å². The Hall–Kier alpha value is -1.78. The average Bonchev–Trinajstić information content (AvgIpc) is 2.31. The summed E-state index contributed by atoms with van der Waals surface area (Å²) in [6.45, 7) is 0.164. The lowest BCUT2D eigenvalue weighted by atomic mass is 10.2. The predicted molar refractivity (Wildman–Crippen MR) is 37.8 cm³/mol. The highest BCUT2D eigenvalue weighted by Gasteiger charge is 2.25. The average molecular weight is 167 g/mol. The third-order valence-electron chi connectivity index (χ3n) is 1.65. The van der Waals surface area contributed by atoms with Gasteiger partial charge >= 0.3 is 5.63 Å². The third kappa shape index (κ3) is 0.795. The first-order valence-corrected chi connectivity index (χ1v) is 3.32. The van der Waals surface area contributed by atoms with Crippen LogP contribution >= 0.6 is 0 Å². The highest BCUT2D eigenvalue weighted by Crippen LogP contribution is 2.22. The minimum Gasteiger partial charge on any atom is -0.507 e. The Bertz CT molecular complexity index is 406. The quantitative estimate of drug-likeness (QED) is 0.550. The van der Waals surface area contributed by atoms with Crippen LogP contribution in [0.2, 0.25) is 0 Å². The molecule has 5 heteroatoms. The molecule has 0 saturated carbocycles. The Labute approximate surface area is 66.6 Å². The van der Waals surface area contributed by atoms with Gasteiger partial charge in [-0.05, 0) is 0 Å². The SMILES string of the molecule is O=C1NCc2oc(=O)cc(O)c21. The molecule has 0 radical (unpaired) electrons. The van der Waals surface area contributed by atoms with E-state index in [9.17, 15) is 9.59 Å². The molecule has 5 nitrogen and oxygen atoms in total. The summed E-state index contributed by atoms with van der Waals surface area (Å²) < 4.78 is 4.67. The van der Waals surface area contributed by atoms with Gasteiger partial charge in [-0.2, -0.15) is 0 Å². The van der Waals surface area contributed by atoms with E-state index in [1.165, 1.54) is 0 Å². The molecule has 0 atom stereocenters. The first kappa shape index (κ1) is 6.90. The summed E-state index contributed by atoms with van der Waals surface area (Å²) in [6, 6.07) is 0.879. The Morgan fingerprint density at radius 3 is 3.00 bits per heavy atom. The molecule has 1 aliphatic heterocycles. The molecule has 62 valence electrons. The maximum absolute atomic E-state index is 11.0. The maximum atomic E-state index is 11.0. The molecule has 0 aromatic carbocycles. The summed E-state index contributed by atoms with van der Waals surface area (Å²) in [4.78, 5) is 21.7. The molecule has 0 unspecified atom stereocenters. The lowest BCUT2D eigenvalue weighted by Gasteiger charge is -1.95. The fraction of sp³-hybridized carbons (Fsp3) is 0.143. The van der Waals surface area contributed by atoms with E-state index in [0.29, 0.717) is 0 Å². The van der Waals surface area contributed by atoms with Gasteiger partial charge in [-0.1, -0.05) is 0 Å². The first-order chi connectivity index (χ1) is 5.68. The van der Waals surface area contributed by atoms with Gasteiger partial charge in [0.15, 0.2) is 0 Å². The normalized spacial score (nSPS) is 14.2. The summed E-state index contributed by atoms with van der Waals surface area (Å²) in [5.41, 5.74) is -0.586. The second-order valence-corrected chi connectivity index (χ2v) is 2.43. The smallest absolute Gasteiger partial charge is 0.339 e. The molecule has 0 bridgehead atoms. The van der Waals surface area contributed by atoms with Crippen molar-refractivity contribution in [3.8, 4) is 5.75 Å². The van der Waals surface area contributed by atoms with Gasteiger partial charge in [0.05, 0.1) is 12.6 Å². The Balaban J connectivity index is 2.76. The van der Waals surface area contributed by atoms with Gasteiger partial charge in [-0.15, -0.1) is 0 Å². The molecule has 0 spiro atoms. The number of nitrogens with one attached hydrogen (secondary N) is 1. The van der Waals surface area contributed by atoms with Gasteiger partial charge < -0.3 is 14.8 Å². The molecule has 2 N–H and O–H groups in total. The number of rotatable bonds is 0. The fourth-order valence-corrected chi connectivity index (χ4v) is 1.14. The van der Waals surface area contributed by atoms with Crippen LogP contribution in [0.1, 0.15) is 16.1 Å². The molecule has 0 aliphatic carbocycles. The van der Waals surface area contributed by atoms with Crippen LogP contribution in [0.3, 0.4) is 0 Å². The number of amides is 1. The van der Waals surface area contributed by atoms with Crippen LogP contribution in [0.15, 0.2) is 15.3 Å². The molecule has 0 saturated heterocycles. The molecule has 1 aliphatic rings. The van der Waals surface area contributed by atoms with Gasteiger partial charge in [0, 0.05) is 0 Å². The van der Waals surface area contributed by atoms with Crippen molar-refractivity contribution in [1.82, 2.24) is 5.32 Å². The largest absolute Gasteiger partial charge is 0.507 e. The zero-order valence-corrected chi connectivity index (χ0v) is 5.96. The van der Waals surface area contributed by atoms with E-state index < -0.39 is 11.5 Å². The molecule has 2 heterocycles. The number of fused-ring (bicyclic) bond motifs is 1. The zero-order chi connectivity index (χ0) is 8.72. The first-order valence-electron chi connectivity index (χ1n) is 3.32. The molecule has 12 heavy (non-hydrogen) atoms. The highest BCUT2D eigenvalue weighted by molar-refractivity contribution is 5.99. The van der Waals surface area contributed by atoms with E-state index >= 15 is 0 Å². The number of carbonyl (C=O) groups excluding carboxylic acids is 1. The van der Waals surface area contributed by atoms with E-state index in [-0.39, 0.29) is 23.6 Å². The molecular formula is C7H5NO4. The van der Waals surface area contributed by atoms with E-state index in [1.54, 1.807) is 0 Å². The Kier molecular flexibility index (Phi) is 1.21. The van der Waals surface area contributed by atoms with Gasteiger partial charge in [0.2, 0.25) is 0 Å². The van der Waals surface area contributed by atoms with Crippen LogP contribution < -0.4 is 10.9 Å². The summed E-state index contributed by atoms with van der Waals surface area (Å²) in [5.74, 6) is -0.535. The van der Waals surface area contributed by atoms with Crippen LogP contribution in [0, 0.1) is 0 Å². The number of hydrogen-bond acceptors (Lipinski definition) is 4. The van der Waals surface area contributed by atoms with Crippen molar-refractivity contribution >= 4 is 5.91 Å². The van der Waals surface area contributed by atoms with Crippen molar-refractivity contribution < 1.29 is 14.3 Å². The summed E-state index contributed by atoms with van der Waals surface area (Å²) in [7, 11) is 0. The van der Waals surface area contributed by atoms with E-state index in [4.69, 9.17) is 5.11 Å². The van der Waals surface area contributed by atoms with Gasteiger partial charge in [0.1, 0.15) is 17.1 Å². The summed E-state index contributed by atoms with van der Waals surface area (Å²) in [5, 5.41) is 11.6. The molecule has 2 rings (SSSR count). The van der Waals surface area contributed by atoms with Crippen molar-refractivity contribution in [1.29, 1.82) is 0 Å². The van der Waals surface area contributed by atoms with Crippen molar-refractivity contribution in [2.24, 2.45) is 0 Å². The van der Waals surface area contributed by atoms with Crippen molar-refractivity contribution in [3.05, 3.63) is 27.8 Å². The van der Waals surface area contributed by atoms with E-state index in [2.05, 4.69) is 9.73 Å². The summed E-state index contributed by atoms with van der Waals surface area (Å²) >= 11 is 0. The van der Waals surface area contributed by atoms with E-state index in [0.717, 1.165) is 6.07 Å². The number of aromatic hydroxyl groups is 1. The minimum absolute atomic E-state index is 0.0644. The maximum Gasteiger partial charge on any atom is 0.339 e. The molecule has 0 fully saturated rings. The molecule has 1 amide bonds. The van der Waals surface area contributed by atoms with Crippen LogP contribution in [0.5, 0.6) is 5.75 Å². The van der Waals surface area contributed by atoms with E-state index in [1.807, 2.05) is 0 Å². The fourth-order valence-electron chi connectivity index (χ4n) is 1.14. The standard InChI is InChI=1S/C7H5NO4/c9-3-1-5(10)12-4-2-8-7(11)6(3)4/h1,9H,2H2,(H,8,11). The van der Waals surface area contributed by atoms with Gasteiger partial charge in [-0.3, -0.25) is 4.79 Å². The van der Waals surface area contributed by atoms with Crippen LogP contribution in [0.4, 0.5) is 0 Å². The second-order valence-electron chi connectivity index (χ2n) is 2.43. The van der Waals surface area contributed by atoms with Crippen molar-refractivity contribution in [2.45, 2.75) is 6.54 Å². The van der Waals surface area contributed by atoms with Crippen LogP contribution in [-0.4, -0.2) is 11.0 Å². The van der Waals surface area contributed by atoms with Crippen LogP contribution in [-0.2, 0) is 6.54 Å². The predicted octanol–water partition coefficient (Wildman–Crippen LogP) is -0.411. The number of carbonyl (C=O) groups is 1. The molecule has 1 aromatic heterocycles. The van der Waals surface area contributed by atoms with Gasteiger partial charge in [-0.25, -0.2) is 4.79 Å². The third-order valence-corrected chi connectivity index (χ3v) is 1.65. The summed E-state index contributed by atoms with van der Waals surface area (Å²) in [6.07, 6.45) is 0. The Morgan fingerprint density at radius 1 is 1.50 bits per heavy atom. The highest BCUT2D eigenvalue weighted by atomic mass is 16.4. The van der Waals surface area contributed by atoms with Crippen LogP contribution in [0.25, 0.3) is 0 Å². The van der Waals surface area contributed by atoms with Crippen molar-refractivity contribution in [2.75, 3.05) is 0 Å². The van der Waals surface area contributed by atoms with Gasteiger partial charge in [0.25, 0.3) is 5.91 Å². The monoisotopic (exact) mass is 167 g/mol. The lowest BCUT2D eigenvalue weighted by molar-refractivity contribution is 0.0963. The number of hydrogen-bond donors (Lipinski definition) is 2. The zero-order valence-electron chi connectivity index (χ0n) is 5.96. The second kappa shape index (κ2) is 2.10. The Morgan fingerprint density at radius 2 is 2.25 bits per heavy atom.